The van der Waals surface area contributed by atoms with Gasteiger partial charge in [0, 0.05) is 24.8 Å². The number of ether oxygens (including phenoxy) is 1. The monoisotopic (exact) mass is 200 g/mol. The Balaban J connectivity index is 2.48. The average molecular weight is 200 g/mol. The Morgan fingerprint density at radius 1 is 1.36 bits per heavy atom. The van der Waals surface area contributed by atoms with Crippen molar-refractivity contribution in [3.63, 3.8) is 0 Å². The van der Waals surface area contributed by atoms with Crippen LogP contribution in [-0.2, 0) is 4.74 Å². The van der Waals surface area contributed by atoms with Crippen LogP contribution in [0.4, 0.5) is 0 Å². The van der Waals surface area contributed by atoms with E-state index < -0.39 is 0 Å². The highest BCUT2D eigenvalue weighted by atomic mass is 16.5. The van der Waals surface area contributed by atoms with Crippen LogP contribution in [0.1, 0.15) is 33.1 Å². The molecule has 14 heavy (non-hydrogen) atoms. The molecule has 0 aromatic carbocycles. The first-order chi connectivity index (χ1) is 6.58. The normalized spacial score (nSPS) is 20.4. The highest BCUT2D eigenvalue weighted by Gasteiger charge is 2.29. The Morgan fingerprint density at radius 2 is 1.93 bits per heavy atom. The van der Waals surface area contributed by atoms with Gasteiger partial charge >= 0.3 is 0 Å². The smallest absolute Gasteiger partial charge is 0.0480 e. The van der Waals surface area contributed by atoms with Crippen molar-refractivity contribution in [3.8, 4) is 0 Å². The second-order valence-electron chi connectivity index (χ2n) is 4.81. The van der Waals surface area contributed by atoms with Crippen LogP contribution < -0.4 is 5.73 Å². The topological polar surface area (TPSA) is 38.5 Å². The number of hydrogen-bond acceptors (Lipinski definition) is 3. The van der Waals surface area contributed by atoms with Gasteiger partial charge in [-0.15, -0.1) is 0 Å². The third-order valence-electron chi connectivity index (χ3n) is 3.45. The van der Waals surface area contributed by atoms with Crippen LogP contribution in [0.15, 0.2) is 0 Å². The molecule has 0 aromatic rings. The van der Waals surface area contributed by atoms with Crippen LogP contribution in [0.3, 0.4) is 0 Å². The van der Waals surface area contributed by atoms with Crippen LogP contribution in [-0.4, -0.2) is 43.3 Å². The Hall–Kier alpha value is -0.120. The average Bonchev–Trinajstić information content (AvgIpc) is 2.18. The van der Waals surface area contributed by atoms with Crippen molar-refractivity contribution in [3.05, 3.63) is 0 Å². The highest BCUT2D eigenvalue weighted by Crippen LogP contribution is 2.23. The van der Waals surface area contributed by atoms with E-state index in [0.717, 1.165) is 39.0 Å². The summed E-state index contributed by atoms with van der Waals surface area (Å²) in [5, 5.41) is 0. The van der Waals surface area contributed by atoms with E-state index in [1.54, 1.807) is 0 Å². The molecule has 0 unspecified atom stereocenters. The summed E-state index contributed by atoms with van der Waals surface area (Å²) in [6.45, 7) is 7.13. The summed E-state index contributed by atoms with van der Waals surface area (Å²) >= 11 is 0. The minimum absolute atomic E-state index is 0.219. The van der Waals surface area contributed by atoms with E-state index >= 15 is 0 Å². The summed E-state index contributed by atoms with van der Waals surface area (Å²) in [5.41, 5.74) is 5.85. The predicted octanol–water partition coefficient (Wildman–Crippen LogP) is 1.22. The molecule has 3 heteroatoms. The first-order valence-electron chi connectivity index (χ1n) is 5.58. The van der Waals surface area contributed by atoms with E-state index in [0.29, 0.717) is 6.04 Å². The molecule has 1 heterocycles. The van der Waals surface area contributed by atoms with Gasteiger partial charge in [0.25, 0.3) is 0 Å². The molecule has 0 radical (unpaired) electrons. The molecular formula is C11H24N2O. The molecule has 1 rings (SSSR count). The van der Waals surface area contributed by atoms with Gasteiger partial charge in [-0.25, -0.2) is 0 Å². The molecule has 0 bridgehead atoms. The molecule has 0 saturated carbocycles. The minimum Gasteiger partial charge on any atom is -0.381 e. The largest absolute Gasteiger partial charge is 0.381 e. The number of hydrogen-bond donors (Lipinski definition) is 1. The maximum absolute atomic E-state index is 5.63. The second kappa shape index (κ2) is 5.10. The molecule has 0 amide bonds. The van der Waals surface area contributed by atoms with Crippen molar-refractivity contribution >= 4 is 0 Å². The van der Waals surface area contributed by atoms with E-state index in [1.807, 2.05) is 0 Å². The molecule has 2 N–H and O–H groups in total. The van der Waals surface area contributed by atoms with Crippen molar-refractivity contribution in [2.75, 3.05) is 26.8 Å². The minimum atomic E-state index is 0.219. The summed E-state index contributed by atoms with van der Waals surface area (Å²) in [4.78, 5) is 2.47. The molecular weight excluding hydrogens is 176 g/mol. The van der Waals surface area contributed by atoms with E-state index in [9.17, 15) is 0 Å². The number of rotatable bonds is 4. The summed E-state index contributed by atoms with van der Waals surface area (Å²) < 4.78 is 5.37. The van der Waals surface area contributed by atoms with Gasteiger partial charge < -0.3 is 10.5 Å². The molecule has 0 spiro atoms. The predicted molar refractivity (Wildman–Crippen MR) is 59.4 cm³/mol. The van der Waals surface area contributed by atoms with Crippen LogP contribution >= 0.6 is 0 Å². The van der Waals surface area contributed by atoms with Crippen LogP contribution in [0, 0.1) is 0 Å². The summed E-state index contributed by atoms with van der Waals surface area (Å²) in [6, 6.07) is 0.672. The Labute approximate surface area is 87.6 Å². The zero-order chi connectivity index (χ0) is 10.6. The lowest BCUT2D eigenvalue weighted by Crippen LogP contribution is -2.50. The molecule has 84 valence electrons. The van der Waals surface area contributed by atoms with E-state index in [-0.39, 0.29) is 5.54 Å². The van der Waals surface area contributed by atoms with E-state index in [1.165, 1.54) is 0 Å². The summed E-state index contributed by atoms with van der Waals surface area (Å²) in [5.74, 6) is 0. The van der Waals surface area contributed by atoms with Crippen molar-refractivity contribution < 1.29 is 4.74 Å². The molecule has 1 fully saturated rings. The molecule has 0 aliphatic carbocycles. The first-order valence-corrected chi connectivity index (χ1v) is 5.58. The SMILES string of the molecule is CN(C1CCOCC1)C(C)(C)CCN. The standard InChI is InChI=1S/C11H24N2O/c1-11(2,6-7-12)13(3)10-4-8-14-9-5-10/h10H,4-9,12H2,1-3H3. The fourth-order valence-corrected chi connectivity index (χ4v) is 2.10. The van der Waals surface area contributed by atoms with Gasteiger partial charge in [0.2, 0.25) is 0 Å². The molecule has 0 atom stereocenters. The third-order valence-corrected chi connectivity index (χ3v) is 3.45. The Morgan fingerprint density at radius 3 is 2.43 bits per heavy atom. The van der Waals surface area contributed by atoms with Crippen molar-refractivity contribution in [1.29, 1.82) is 0 Å². The first kappa shape index (κ1) is 12.0. The van der Waals surface area contributed by atoms with Crippen molar-refractivity contribution in [2.24, 2.45) is 5.73 Å². The van der Waals surface area contributed by atoms with Gasteiger partial charge in [-0.05, 0) is 46.7 Å². The molecule has 1 aliphatic rings. The summed E-state index contributed by atoms with van der Waals surface area (Å²) in [7, 11) is 2.21. The third kappa shape index (κ3) is 2.94. The fourth-order valence-electron chi connectivity index (χ4n) is 2.10. The van der Waals surface area contributed by atoms with Gasteiger partial charge in [0.1, 0.15) is 0 Å². The maximum atomic E-state index is 5.63. The molecule has 1 aliphatic heterocycles. The maximum Gasteiger partial charge on any atom is 0.0480 e. The van der Waals surface area contributed by atoms with E-state index in [2.05, 4.69) is 25.8 Å². The van der Waals surface area contributed by atoms with Crippen LogP contribution in [0.5, 0.6) is 0 Å². The van der Waals surface area contributed by atoms with E-state index in [4.69, 9.17) is 10.5 Å². The lowest BCUT2D eigenvalue weighted by Gasteiger charge is -2.42. The van der Waals surface area contributed by atoms with Crippen molar-refractivity contribution in [1.82, 2.24) is 4.90 Å². The molecule has 3 nitrogen and oxygen atoms in total. The number of nitrogens with two attached hydrogens (primary N) is 1. The lowest BCUT2D eigenvalue weighted by molar-refractivity contribution is 0.00520. The Bertz CT molecular complexity index is 165. The zero-order valence-corrected chi connectivity index (χ0v) is 9.75. The fraction of sp³-hybridized carbons (Fsp3) is 1.00. The Kier molecular flexibility index (Phi) is 4.35. The van der Waals surface area contributed by atoms with Gasteiger partial charge in [-0.1, -0.05) is 0 Å². The summed E-state index contributed by atoms with van der Waals surface area (Å²) in [6.07, 6.45) is 3.37. The van der Waals surface area contributed by atoms with Crippen molar-refractivity contribution in [2.45, 2.75) is 44.7 Å². The highest BCUT2D eigenvalue weighted by molar-refractivity contribution is 4.85. The molecule has 0 aromatic heterocycles. The van der Waals surface area contributed by atoms with Gasteiger partial charge in [-0.3, -0.25) is 4.90 Å². The van der Waals surface area contributed by atoms with Gasteiger partial charge in [0.05, 0.1) is 0 Å². The van der Waals surface area contributed by atoms with Crippen LogP contribution in [0.2, 0.25) is 0 Å². The lowest BCUT2D eigenvalue weighted by atomic mass is 9.94. The molecule has 1 saturated heterocycles. The van der Waals surface area contributed by atoms with Gasteiger partial charge in [0.15, 0.2) is 0 Å². The zero-order valence-electron chi connectivity index (χ0n) is 9.75. The van der Waals surface area contributed by atoms with Gasteiger partial charge in [-0.2, -0.15) is 0 Å². The number of nitrogens with zero attached hydrogens (tertiary/aromatic N) is 1. The second-order valence-corrected chi connectivity index (χ2v) is 4.81. The quantitative estimate of drug-likeness (QED) is 0.741. The van der Waals surface area contributed by atoms with Crippen LogP contribution in [0.25, 0.3) is 0 Å².